The molecule has 3 heterocycles. The molecule has 1 aromatic carbocycles. The van der Waals surface area contributed by atoms with Gasteiger partial charge in [0.1, 0.15) is 24.0 Å². The smallest absolute Gasteiger partial charge is 0.267 e. The van der Waals surface area contributed by atoms with Gasteiger partial charge in [0, 0.05) is 6.20 Å². The molecule has 0 saturated heterocycles. The van der Waals surface area contributed by atoms with Crippen LogP contribution in [0.15, 0.2) is 41.5 Å². The van der Waals surface area contributed by atoms with E-state index in [1.807, 2.05) is 6.07 Å². The van der Waals surface area contributed by atoms with Gasteiger partial charge >= 0.3 is 0 Å². The van der Waals surface area contributed by atoms with Crippen LogP contribution in [0.1, 0.15) is 56.5 Å². The Kier molecular flexibility index (Phi) is 4.28. The topological polar surface area (TPSA) is 84.2 Å². The lowest BCUT2D eigenvalue weighted by Gasteiger charge is -2.37. The molecule has 3 aromatic rings. The predicted octanol–water partition coefficient (Wildman–Crippen LogP) is 4.18. The maximum atomic E-state index is 14.5. The molecule has 2 bridgehead atoms. The zero-order chi connectivity index (χ0) is 23.8. The lowest BCUT2D eigenvalue weighted by Crippen LogP contribution is -2.38. The van der Waals surface area contributed by atoms with Crippen molar-refractivity contribution in [2.75, 3.05) is 11.4 Å². The molecule has 1 saturated carbocycles. The van der Waals surface area contributed by atoms with Gasteiger partial charge in [-0.2, -0.15) is 10.1 Å². The SMILES string of the molecule is CC1=NC(=O)CN1c1nccc([C@@]23CC[C@@H](c4cc(-c5c(F)cccc5F)nnc42)C3(C)C)n1. The van der Waals surface area contributed by atoms with Crippen LogP contribution in [0.25, 0.3) is 11.3 Å². The first-order chi connectivity index (χ1) is 16.2. The predicted molar refractivity (Wildman–Crippen MR) is 121 cm³/mol. The first kappa shape index (κ1) is 20.9. The third-order valence-corrected chi connectivity index (χ3v) is 7.89. The van der Waals surface area contributed by atoms with Crippen molar-refractivity contribution < 1.29 is 13.6 Å². The molecule has 9 heteroatoms. The monoisotopic (exact) mass is 460 g/mol. The van der Waals surface area contributed by atoms with Crippen molar-refractivity contribution in [3.05, 3.63) is 65.1 Å². The van der Waals surface area contributed by atoms with Crippen LogP contribution in [0.4, 0.5) is 14.7 Å². The molecule has 2 aliphatic carbocycles. The van der Waals surface area contributed by atoms with Gasteiger partial charge in [0.2, 0.25) is 5.95 Å². The van der Waals surface area contributed by atoms with Crippen molar-refractivity contribution >= 4 is 17.7 Å². The molecule has 1 amide bonds. The third kappa shape index (κ3) is 2.60. The number of anilines is 1. The minimum atomic E-state index is -0.663. The van der Waals surface area contributed by atoms with E-state index in [2.05, 4.69) is 34.0 Å². The standard InChI is InChI=1S/C25H22F2N6O/c1-13-29-20(34)12-33(13)23-28-10-8-19(30-23)25-9-7-15(24(25,2)3)14-11-18(31-32-22(14)25)21-16(26)5-4-6-17(21)27/h4-6,8,10-11,15H,7,9,12H2,1-3H3/t15-,25-/m0/s1. The molecule has 0 spiro atoms. The summed E-state index contributed by atoms with van der Waals surface area (Å²) in [6, 6.07) is 7.46. The number of amides is 1. The van der Waals surface area contributed by atoms with E-state index in [-0.39, 0.29) is 35.0 Å². The molecule has 3 aliphatic rings. The number of fused-ring (bicyclic) bond motifs is 5. The van der Waals surface area contributed by atoms with E-state index in [0.717, 1.165) is 29.8 Å². The fourth-order valence-corrected chi connectivity index (χ4v) is 6.21. The average molecular weight is 460 g/mol. The second-order valence-corrected chi connectivity index (χ2v) is 9.73. The second-order valence-electron chi connectivity index (χ2n) is 9.73. The minimum absolute atomic E-state index is 0.113. The lowest BCUT2D eigenvalue weighted by atomic mass is 9.66. The average Bonchev–Trinajstić information content (AvgIpc) is 3.35. The fourth-order valence-electron chi connectivity index (χ4n) is 6.21. The van der Waals surface area contributed by atoms with Gasteiger partial charge in [-0.3, -0.25) is 9.69 Å². The molecule has 0 unspecified atom stereocenters. The number of halogens is 2. The summed E-state index contributed by atoms with van der Waals surface area (Å²) in [5.41, 5.74) is 1.80. The molecular formula is C25H22F2N6O. The molecule has 1 aliphatic heterocycles. The summed E-state index contributed by atoms with van der Waals surface area (Å²) < 4.78 is 28.9. The van der Waals surface area contributed by atoms with Gasteiger partial charge in [-0.15, -0.1) is 5.10 Å². The first-order valence-electron chi connectivity index (χ1n) is 11.3. The Morgan fingerprint density at radius 1 is 1.12 bits per heavy atom. The number of carbonyl (C=O) groups excluding carboxylic acids is 1. The highest BCUT2D eigenvalue weighted by molar-refractivity contribution is 6.10. The van der Waals surface area contributed by atoms with Gasteiger partial charge in [0.05, 0.1) is 28.1 Å². The van der Waals surface area contributed by atoms with Crippen LogP contribution in [0, 0.1) is 17.0 Å². The summed E-state index contributed by atoms with van der Waals surface area (Å²) in [5, 5.41) is 8.84. The van der Waals surface area contributed by atoms with Crippen molar-refractivity contribution in [2.24, 2.45) is 10.4 Å². The molecule has 0 N–H and O–H groups in total. The van der Waals surface area contributed by atoms with Gasteiger partial charge in [-0.05, 0) is 60.9 Å². The number of hydrogen-bond donors (Lipinski definition) is 0. The van der Waals surface area contributed by atoms with E-state index in [1.54, 1.807) is 24.1 Å². The molecular weight excluding hydrogens is 438 g/mol. The van der Waals surface area contributed by atoms with Gasteiger partial charge in [0.25, 0.3) is 5.91 Å². The van der Waals surface area contributed by atoms with E-state index in [4.69, 9.17) is 4.98 Å². The summed E-state index contributed by atoms with van der Waals surface area (Å²) in [7, 11) is 0. The van der Waals surface area contributed by atoms with Gasteiger partial charge in [-0.1, -0.05) is 19.9 Å². The fraction of sp³-hybridized carbons (Fsp3) is 0.360. The van der Waals surface area contributed by atoms with Crippen molar-refractivity contribution in [1.82, 2.24) is 20.2 Å². The number of aromatic nitrogens is 4. The molecule has 1 fully saturated rings. The summed E-state index contributed by atoms with van der Waals surface area (Å²) in [4.78, 5) is 26.8. The number of carbonyl (C=O) groups is 1. The number of rotatable bonds is 3. The highest BCUT2D eigenvalue weighted by atomic mass is 19.1. The van der Waals surface area contributed by atoms with E-state index >= 15 is 0 Å². The van der Waals surface area contributed by atoms with Crippen LogP contribution < -0.4 is 4.90 Å². The van der Waals surface area contributed by atoms with Crippen LogP contribution >= 0.6 is 0 Å². The number of aliphatic imine (C=N–C) groups is 1. The molecule has 7 nitrogen and oxygen atoms in total. The van der Waals surface area contributed by atoms with Crippen molar-refractivity contribution in [1.29, 1.82) is 0 Å². The maximum absolute atomic E-state index is 14.5. The molecule has 2 atom stereocenters. The largest absolute Gasteiger partial charge is 0.289 e. The molecule has 34 heavy (non-hydrogen) atoms. The highest BCUT2D eigenvalue weighted by Gasteiger charge is 2.65. The Balaban J connectivity index is 1.50. The zero-order valence-corrected chi connectivity index (χ0v) is 19.0. The van der Waals surface area contributed by atoms with Crippen LogP contribution in [-0.2, 0) is 10.2 Å². The molecule has 2 aromatic heterocycles. The van der Waals surface area contributed by atoms with Crippen LogP contribution in [0.5, 0.6) is 0 Å². The lowest BCUT2D eigenvalue weighted by molar-refractivity contribution is -0.115. The molecule has 0 radical (unpaired) electrons. The Bertz CT molecular complexity index is 1380. The summed E-state index contributed by atoms with van der Waals surface area (Å²) in [6.45, 7) is 6.24. The van der Waals surface area contributed by atoms with Crippen LogP contribution in [-0.4, -0.2) is 38.5 Å². The summed E-state index contributed by atoms with van der Waals surface area (Å²) in [5.74, 6) is -0.429. The van der Waals surface area contributed by atoms with E-state index in [0.29, 0.717) is 11.8 Å². The Morgan fingerprint density at radius 2 is 1.88 bits per heavy atom. The Labute approximate surface area is 195 Å². The van der Waals surface area contributed by atoms with E-state index < -0.39 is 17.0 Å². The minimum Gasteiger partial charge on any atom is -0.289 e. The van der Waals surface area contributed by atoms with Gasteiger partial charge in [-0.25, -0.2) is 18.7 Å². The van der Waals surface area contributed by atoms with E-state index in [9.17, 15) is 13.6 Å². The van der Waals surface area contributed by atoms with Crippen LogP contribution in [0.2, 0.25) is 0 Å². The maximum Gasteiger partial charge on any atom is 0.267 e. The van der Waals surface area contributed by atoms with Gasteiger partial charge < -0.3 is 0 Å². The second kappa shape index (κ2) is 6.94. The normalized spacial score (nSPS) is 24.5. The first-order valence-corrected chi connectivity index (χ1v) is 11.3. The number of nitrogens with zero attached hydrogens (tertiary/aromatic N) is 6. The zero-order valence-electron chi connectivity index (χ0n) is 19.0. The number of amidine groups is 1. The molecule has 172 valence electrons. The Morgan fingerprint density at radius 3 is 2.59 bits per heavy atom. The Hall–Kier alpha value is -3.62. The van der Waals surface area contributed by atoms with E-state index in [1.165, 1.54) is 18.2 Å². The highest BCUT2D eigenvalue weighted by Crippen LogP contribution is 2.69. The van der Waals surface area contributed by atoms with Gasteiger partial charge in [0.15, 0.2) is 0 Å². The van der Waals surface area contributed by atoms with Crippen molar-refractivity contribution in [2.45, 2.75) is 44.9 Å². The number of hydrogen-bond acceptors (Lipinski definition) is 6. The third-order valence-electron chi connectivity index (χ3n) is 7.89. The quantitative estimate of drug-likeness (QED) is 0.583. The molecule has 6 rings (SSSR count). The summed E-state index contributed by atoms with van der Waals surface area (Å²) >= 11 is 0. The number of benzene rings is 1. The summed E-state index contributed by atoms with van der Waals surface area (Å²) in [6.07, 6.45) is 3.41. The van der Waals surface area contributed by atoms with Crippen LogP contribution in [0.3, 0.4) is 0 Å². The van der Waals surface area contributed by atoms with Crippen molar-refractivity contribution in [3.63, 3.8) is 0 Å². The van der Waals surface area contributed by atoms with Crippen molar-refractivity contribution in [3.8, 4) is 11.3 Å².